The highest BCUT2D eigenvalue weighted by Crippen LogP contribution is 2.34. The van der Waals surface area contributed by atoms with Crippen LogP contribution in [0.2, 0.25) is 0 Å². The molecule has 0 saturated heterocycles. The number of ether oxygens (including phenoxy) is 2. The second kappa shape index (κ2) is 10.0. The summed E-state index contributed by atoms with van der Waals surface area (Å²) < 4.78 is 11.9. The minimum Gasteiger partial charge on any atom is -0.493 e. The molecule has 3 heteroatoms. The fraction of sp³-hybridized carbons (Fsp3) is 0.259. The van der Waals surface area contributed by atoms with Crippen LogP contribution in [0.15, 0.2) is 67.3 Å². The number of anilines is 1. The summed E-state index contributed by atoms with van der Waals surface area (Å²) in [5.74, 6) is 1.53. The maximum absolute atomic E-state index is 6.20. The lowest BCUT2D eigenvalue weighted by molar-refractivity contribution is 0.281. The zero-order valence-corrected chi connectivity index (χ0v) is 18.4. The number of hydrogen-bond donors (Lipinski definition) is 1. The summed E-state index contributed by atoms with van der Waals surface area (Å²) in [5.41, 5.74) is 8.22. The van der Waals surface area contributed by atoms with Gasteiger partial charge in [-0.25, -0.2) is 0 Å². The Bertz CT molecular complexity index is 1010. The molecule has 1 N–H and O–H groups in total. The zero-order chi connectivity index (χ0) is 21.5. The number of hydrogen-bond acceptors (Lipinski definition) is 3. The summed E-state index contributed by atoms with van der Waals surface area (Å²) in [6.45, 7) is 11.4. The molecular weight excluding hydrogens is 370 g/mol. The van der Waals surface area contributed by atoms with Gasteiger partial charge in [-0.05, 0) is 67.6 Å². The Labute approximate surface area is 180 Å². The summed E-state index contributed by atoms with van der Waals surface area (Å²) in [6, 6.07) is 19.1. The lowest BCUT2D eigenvalue weighted by Crippen LogP contribution is -2.05. The molecule has 156 valence electrons. The predicted molar refractivity (Wildman–Crippen MR) is 126 cm³/mol. The van der Waals surface area contributed by atoms with Crippen LogP contribution in [0.4, 0.5) is 5.69 Å². The van der Waals surface area contributed by atoms with Crippen LogP contribution in [0.1, 0.15) is 33.4 Å². The number of benzene rings is 3. The van der Waals surface area contributed by atoms with Gasteiger partial charge in [0.05, 0.1) is 7.11 Å². The highest BCUT2D eigenvalue weighted by atomic mass is 16.5. The van der Waals surface area contributed by atoms with Gasteiger partial charge in [-0.3, -0.25) is 0 Å². The van der Waals surface area contributed by atoms with E-state index in [9.17, 15) is 0 Å². The third-order valence-electron chi connectivity index (χ3n) is 5.16. The van der Waals surface area contributed by atoms with Gasteiger partial charge in [-0.1, -0.05) is 48.0 Å². The Morgan fingerprint density at radius 3 is 2.33 bits per heavy atom. The lowest BCUT2D eigenvalue weighted by Gasteiger charge is -2.18. The Morgan fingerprint density at radius 1 is 0.900 bits per heavy atom. The summed E-state index contributed by atoms with van der Waals surface area (Å²) in [5, 5.41) is 3.55. The Morgan fingerprint density at radius 2 is 1.63 bits per heavy atom. The molecule has 0 aliphatic carbocycles. The number of nitrogens with one attached hydrogen (secondary N) is 1. The average Bonchev–Trinajstić information content (AvgIpc) is 2.74. The van der Waals surface area contributed by atoms with Crippen molar-refractivity contribution in [3.05, 3.63) is 101 Å². The second-order valence-corrected chi connectivity index (χ2v) is 7.73. The van der Waals surface area contributed by atoms with Crippen molar-refractivity contribution in [3.8, 4) is 11.5 Å². The van der Waals surface area contributed by atoms with Gasteiger partial charge in [-0.15, -0.1) is 6.58 Å². The molecule has 0 spiro atoms. The van der Waals surface area contributed by atoms with E-state index in [-0.39, 0.29) is 0 Å². The van der Waals surface area contributed by atoms with Crippen molar-refractivity contribution in [2.24, 2.45) is 0 Å². The van der Waals surface area contributed by atoms with Crippen LogP contribution >= 0.6 is 0 Å². The van der Waals surface area contributed by atoms with Gasteiger partial charge >= 0.3 is 0 Å². The molecule has 3 rings (SSSR count). The van der Waals surface area contributed by atoms with Gasteiger partial charge in [0.2, 0.25) is 0 Å². The molecule has 3 nitrogen and oxygen atoms in total. The highest BCUT2D eigenvalue weighted by Gasteiger charge is 2.13. The van der Waals surface area contributed by atoms with E-state index >= 15 is 0 Å². The van der Waals surface area contributed by atoms with Gasteiger partial charge in [-0.2, -0.15) is 0 Å². The Balaban J connectivity index is 1.82. The first kappa shape index (κ1) is 21.5. The van der Waals surface area contributed by atoms with Crippen molar-refractivity contribution >= 4 is 5.69 Å². The first-order valence-corrected chi connectivity index (χ1v) is 10.3. The summed E-state index contributed by atoms with van der Waals surface area (Å²) in [4.78, 5) is 0. The minimum atomic E-state index is 0.501. The molecule has 3 aromatic carbocycles. The molecule has 0 bridgehead atoms. The first-order valence-electron chi connectivity index (χ1n) is 10.3. The molecule has 0 radical (unpaired) electrons. The smallest absolute Gasteiger partial charge is 0.165 e. The summed E-state index contributed by atoms with van der Waals surface area (Å²) in [7, 11) is 1.69. The van der Waals surface area contributed by atoms with Gasteiger partial charge < -0.3 is 14.8 Å². The monoisotopic (exact) mass is 401 g/mol. The van der Waals surface area contributed by atoms with Crippen LogP contribution < -0.4 is 14.8 Å². The van der Waals surface area contributed by atoms with E-state index < -0.39 is 0 Å². The largest absolute Gasteiger partial charge is 0.493 e. The quantitative estimate of drug-likeness (QED) is 0.413. The van der Waals surface area contributed by atoms with Gasteiger partial charge in [0.1, 0.15) is 6.61 Å². The van der Waals surface area contributed by atoms with Crippen molar-refractivity contribution in [1.82, 2.24) is 0 Å². The maximum Gasteiger partial charge on any atom is 0.165 e. The normalized spacial score (nSPS) is 10.5. The molecule has 0 amide bonds. The second-order valence-electron chi connectivity index (χ2n) is 7.73. The first-order chi connectivity index (χ1) is 14.5. The Kier molecular flexibility index (Phi) is 7.18. The molecule has 0 unspecified atom stereocenters. The Hall–Kier alpha value is -3.20. The SMILES string of the molecule is C=CCc1cc(CNc2cc(C)ccc2C)cc(OC)c1OCc1ccc(C)cc1. The van der Waals surface area contributed by atoms with Crippen molar-refractivity contribution in [3.63, 3.8) is 0 Å². The lowest BCUT2D eigenvalue weighted by atomic mass is 10.0. The van der Waals surface area contributed by atoms with Crippen LogP contribution in [0.25, 0.3) is 0 Å². The highest BCUT2D eigenvalue weighted by molar-refractivity contribution is 5.55. The topological polar surface area (TPSA) is 30.5 Å². The van der Waals surface area contributed by atoms with Crippen LogP contribution in [-0.2, 0) is 19.6 Å². The molecular formula is C27H31NO2. The minimum absolute atomic E-state index is 0.501. The van der Waals surface area contributed by atoms with E-state index in [1.54, 1.807) is 7.11 Å². The van der Waals surface area contributed by atoms with Gasteiger partial charge in [0, 0.05) is 17.8 Å². The average molecular weight is 402 g/mol. The molecule has 0 fully saturated rings. The maximum atomic E-state index is 6.20. The zero-order valence-electron chi connectivity index (χ0n) is 18.4. The van der Waals surface area contributed by atoms with E-state index in [0.717, 1.165) is 40.3 Å². The van der Waals surface area contributed by atoms with Crippen molar-refractivity contribution in [2.75, 3.05) is 12.4 Å². The molecule has 0 aromatic heterocycles. The van der Waals surface area contributed by atoms with Crippen LogP contribution in [0.5, 0.6) is 11.5 Å². The number of methoxy groups -OCH3 is 1. The van der Waals surface area contributed by atoms with E-state index in [2.05, 4.69) is 87.3 Å². The molecule has 0 aliphatic heterocycles. The molecule has 30 heavy (non-hydrogen) atoms. The van der Waals surface area contributed by atoms with Crippen LogP contribution in [0, 0.1) is 20.8 Å². The molecule has 0 aliphatic rings. The van der Waals surface area contributed by atoms with Crippen LogP contribution in [0.3, 0.4) is 0 Å². The standard InChI is InChI=1S/C27H31NO2/c1-6-7-24-15-23(17-28-25-14-20(3)8-11-21(25)4)16-26(29-5)27(24)30-18-22-12-9-19(2)10-13-22/h6,8-16,28H,1,7,17-18H2,2-5H3. The van der Waals surface area contributed by atoms with E-state index in [1.165, 1.54) is 16.7 Å². The molecule has 0 heterocycles. The third kappa shape index (κ3) is 5.44. The number of aryl methyl sites for hydroxylation is 3. The molecule has 3 aromatic rings. The number of allylic oxidation sites excluding steroid dienone is 1. The fourth-order valence-electron chi connectivity index (χ4n) is 3.41. The summed E-state index contributed by atoms with van der Waals surface area (Å²) >= 11 is 0. The van der Waals surface area contributed by atoms with Crippen molar-refractivity contribution in [1.29, 1.82) is 0 Å². The molecule has 0 atom stereocenters. The molecule has 0 saturated carbocycles. The fourth-order valence-corrected chi connectivity index (χ4v) is 3.41. The van der Waals surface area contributed by atoms with E-state index in [1.807, 2.05) is 6.08 Å². The van der Waals surface area contributed by atoms with Gasteiger partial charge in [0.25, 0.3) is 0 Å². The third-order valence-corrected chi connectivity index (χ3v) is 5.16. The van der Waals surface area contributed by atoms with Crippen LogP contribution in [-0.4, -0.2) is 7.11 Å². The van der Waals surface area contributed by atoms with Crippen molar-refractivity contribution < 1.29 is 9.47 Å². The predicted octanol–water partition coefficient (Wildman–Crippen LogP) is 6.54. The number of rotatable bonds is 9. The van der Waals surface area contributed by atoms with E-state index in [4.69, 9.17) is 9.47 Å². The summed E-state index contributed by atoms with van der Waals surface area (Å²) in [6.07, 6.45) is 2.62. The van der Waals surface area contributed by atoms with Gasteiger partial charge in [0.15, 0.2) is 11.5 Å². The van der Waals surface area contributed by atoms with E-state index in [0.29, 0.717) is 13.2 Å². The van der Waals surface area contributed by atoms with Crippen molar-refractivity contribution in [2.45, 2.75) is 40.3 Å².